The van der Waals surface area contributed by atoms with E-state index in [0.717, 1.165) is 0 Å². The molecule has 1 aromatic carbocycles. The summed E-state index contributed by atoms with van der Waals surface area (Å²) in [7, 11) is 1.58. The summed E-state index contributed by atoms with van der Waals surface area (Å²) in [4.78, 5) is 23.6. The van der Waals surface area contributed by atoms with Crippen LogP contribution in [0.15, 0.2) is 24.3 Å². The summed E-state index contributed by atoms with van der Waals surface area (Å²) in [6.45, 7) is 10.3. The predicted octanol–water partition coefficient (Wildman–Crippen LogP) is 3.04. The molecule has 1 N–H and O–H groups in total. The lowest BCUT2D eigenvalue weighted by atomic mass is 9.69. The van der Waals surface area contributed by atoms with Crippen molar-refractivity contribution in [2.24, 2.45) is 10.8 Å². The van der Waals surface area contributed by atoms with Gasteiger partial charge in [0.05, 0.1) is 5.41 Å². The lowest BCUT2D eigenvalue weighted by Gasteiger charge is -2.36. The molecule has 1 aromatic rings. The van der Waals surface area contributed by atoms with E-state index < -0.39 is 5.41 Å². The van der Waals surface area contributed by atoms with Gasteiger partial charge in [-0.2, -0.15) is 0 Å². The molecule has 128 valence electrons. The highest BCUT2D eigenvalue weighted by molar-refractivity contribution is 5.94. The summed E-state index contributed by atoms with van der Waals surface area (Å²) in [5, 5.41) is 2.55. The minimum Gasteiger partial charge on any atom is -0.490 e. The fraction of sp³-hybridized carbons (Fsp3) is 0.556. The molecule has 0 heterocycles. The number of hydrogen-bond donors (Lipinski definition) is 1. The van der Waals surface area contributed by atoms with Crippen LogP contribution in [0.25, 0.3) is 0 Å². The monoisotopic (exact) mass is 321 g/mol. The highest BCUT2D eigenvalue weighted by Crippen LogP contribution is 2.38. The number of amides is 1. The van der Waals surface area contributed by atoms with Crippen molar-refractivity contribution in [1.29, 1.82) is 0 Å². The third kappa shape index (κ3) is 4.98. The van der Waals surface area contributed by atoms with Crippen molar-refractivity contribution in [3.05, 3.63) is 29.8 Å². The van der Waals surface area contributed by atoms with E-state index in [2.05, 4.69) is 5.32 Å². The zero-order valence-corrected chi connectivity index (χ0v) is 14.9. The van der Waals surface area contributed by atoms with E-state index >= 15 is 0 Å². The molecule has 0 saturated heterocycles. The number of carbonyl (C=O) groups is 2. The molecule has 1 amide bonds. The lowest BCUT2D eigenvalue weighted by molar-refractivity contribution is -0.161. The summed E-state index contributed by atoms with van der Waals surface area (Å²) in [5.41, 5.74) is -0.179. The Balaban J connectivity index is 2.43. The van der Waals surface area contributed by atoms with Gasteiger partial charge in [-0.3, -0.25) is 9.59 Å². The van der Waals surface area contributed by atoms with Gasteiger partial charge in [-0.05, 0) is 43.5 Å². The first kappa shape index (κ1) is 19.0. The maximum absolute atomic E-state index is 12.2. The molecule has 0 bridgehead atoms. The van der Waals surface area contributed by atoms with Gasteiger partial charge >= 0.3 is 5.97 Å². The van der Waals surface area contributed by atoms with E-state index in [-0.39, 0.29) is 30.5 Å². The van der Waals surface area contributed by atoms with Gasteiger partial charge in [0.25, 0.3) is 5.91 Å². The summed E-state index contributed by atoms with van der Waals surface area (Å²) < 4.78 is 10.8. The molecule has 0 aliphatic carbocycles. The molecule has 0 radical (unpaired) electrons. The maximum atomic E-state index is 12.2. The summed E-state index contributed by atoms with van der Waals surface area (Å²) in [5.74, 6) is 0.252. The number of ether oxygens (including phenoxy) is 2. The Bertz CT molecular complexity index is 541. The zero-order chi connectivity index (χ0) is 17.7. The number of hydrogen-bond acceptors (Lipinski definition) is 4. The first-order valence-electron chi connectivity index (χ1n) is 7.72. The molecule has 0 atom stereocenters. The minimum absolute atomic E-state index is 0.144. The minimum atomic E-state index is -0.567. The van der Waals surface area contributed by atoms with Crippen molar-refractivity contribution in [2.75, 3.05) is 20.3 Å². The van der Waals surface area contributed by atoms with Crippen LogP contribution >= 0.6 is 0 Å². The molecule has 0 unspecified atom stereocenters. The number of rotatable bonds is 6. The fourth-order valence-corrected chi connectivity index (χ4v) is 1.63. The van der Waals surface area contributed by atoms with E-state index in [4.69, 9.17) is 9.47 Å². The van der Waals surface area contributed by atoms with Crippen LogP contribution in [0.4, 0.5) is 0 Å². The maximum Gasteiger partial charge on any atom is 0.312 e. The van der Waals surface area contributed by atoms with Crippen LogP contribution in [-0.4, -0.2) is 32.1 Å². The molecule has 5 heteroatoms. The van der Waals surface area contributed by atoms with E-state index in [1.807, 2.05) is 34.6 Å². The van der Waals surface area contributed by atoms with Crippen LogP contribution in [0.3, 0.4) is 0 Å². The Morgan fingerprint density at radius 2 is 1.57 bits per heavy atom. The smallest absolute Gasteiger partial charge is 0.312 e. The molecule has 0 saturated carbocycles. The van der Waals surface area contributed by atoms with Crippen molar-refractivity contribution in [3.8, 4) is 5.75 Å². The third-order valence-electron chi connectivity index (χ3n) is 4.31. The predicted molar refractivity (Wildman–Crippen MR) is 89.5 cm³/mol. The molecule has 1 rings (SSSR count). The molecule has 0 spiro atoms. The van der Waals surface area contributed by atoms with Crippen molar-refractivity contribution < 1.29 is 19.1 Å². The van der Waals surface area contributed by atoms with Gasteiger partial charge in [-0.15, -0.1) is 0 Å². The normalized spacial score (nSPS) is 11.7. The molecule has 0 aliphatic rings. The second-order valence-corrected chi connectivity index (χ2v) is 6.96. The van der Waals surface area contributed by atoms with E-state index in [1.54, 1.807) is 31.3 Å². The number of esters is 1. The topological polar surface area (TPSA) is 64.6 Å². The Morgan fingerprint density at radius 3 is 2.04 bits per heavy atom. The van der Waals surface area contributed by atoms with Gasteiger partial charge in [-0.25, -0.2) is 0 Å². The van der Waals surface area contributed by atoms with Gasteiger partial charge in [0.2, 0.25) is 0 Å². The molecule has 0 aromatic heterocycles. The van der Waals surface area contributed by atoms with Crippen molar-refractivity contribution >= 4 is 11.9 Å². The van der Waals surface area contributed by atoms with E-state index in [9.17, 15) is 9.59 Å². The van der Waals surface area contributed by atoms with Crippen LogP contribution in [0.2, 0.25) is 0 Å². The largest absolute Gasteiger partial charge is 0.490 e. The molecule has 5 nitrogen and oxygen atoms in total. The summed E-state index contributed by atoms with van der Waals surface area (Å²) in [6, 6.07) is 6.79. The zero-order valence-electron chi connectivity index (χ0n) is 14.9. The molecular weight excluding hydrogens is 294 g/mol. The Labute approximate surface area is 138 Å². The van der Waals surface area contributed by atoms with E-state index in [0.29, 0.717) is 11.3 Å². The number of nitrogens with one attached hydrogen (secondary N) is 1. The van der Waals surface area contributed by atoms with Crippen LogP contribution in [0.1, 0.15) is 45.0 Å². The molecule has 0 fully saturated rings. The van der Waals surface area contributed by atoms with Crippen molar-refractivity contribution in [1.82, 2.24) is 5.32 Å². The van der Waals surface area contributed by atoms with E-state index in [1.165, 1.54) is 0 Å². The second kappa shape index (κ2) is 7.49. The Hall–Kier alpha value is -2.04. The Kier molecular flexibility index (Phi) is 6.19. The third-order valence-corrected chi connectivity index (χ3v) is 4.31. The van der Waals surface area contributed by atoms with Crippen molar-refractivity contribution in [3.63, 3.8) is 0 Å². The van der Waals surface area contributed by atoms with Gasteiger partial charge in [0, 0.05) is 12.6 Å². The highest BCUT2D eigenvalue weighted by Gasteiger charge is 2.41. The van der Waals surface area contributed by atoms with Crippen molar-refractivity contribution in [2.45, 2.75) is 34.6 Å². The SMILES string of the molecule is CNC(=O)c1ccc(OCCOC(=O)C(C)(C)C(C)(C)C)cc1. The number of benzene rings is 1. The fourth-order valence-electron chi connectivity index (χ4n) is 1.63. The van der Waals surface area contributed by atoms with Crippen LogP contribution in [0, 0.1) is 10.8 Å². The first-order chi connectivity index (χ1) is 10.6. The average Bonchev–Trinajstić information content (AvgIpc) is 2.50. The first-order valence-corrected chi connectivity index (χ1v) is 7.72. The summed E-state index contributed by atoms with van der Waals surface area (Å²) in [6.07, 6.45) is 0. The van der Waals surface area contributed by atoms with Gasteiger partial charge in [-0.1, -0.05) is 20.8 Å². The quantitative estimate of drug-likeness (QED) is 0.646. The Morgan fingerprint density at radius 1 is 1.00 bits per heavy atom. The molecular formula is C18H27NO4. The van der Waals surface area contributed by atoms with Gasteiger partial charge < -0.3 is 14.8 Å². The van der Waals surface area contributed by atoms with Gasteiger partial charge in [0.15, 0.2) is 0 Å². The second-order valence-electron chi connectivity index (χ2n) is 6.96. The van der Waals surface area contributed by atoms with Crippen LogP contribution in [-0.2, 0) is 9.53 Å². The number of carbonyl (C=O) groups excluding carboxylic acids is 2. The van der Waals surface area contributed by atoms with Crippen LogP contribution in [0.5, 0.6) is 5.75 Å². The molecule has 23 heavy (non-hydrogen) atoms. The van der Waals surface area contributed by atoms with Crippen LogP contribution < -0.4 is 10.1 Å². The summed E-state index contributed by atoms with van der Waals surface area (Å²) >= 11 is 0. The average molecular weight is 321 g/mol. The highest BCUT2D eigenvalue weighted by atomic mass is 16.6. The molecule has 0 aliphatic heterocycles. The lowest BCUT2D eigenvalue weighted by Crippen LogP contribution is -2.39. The van der Waals surface area contributed by atoms with Gasteiger partial charge in [0.1, 0.15) is 19.0 Å². The standard InChI is InChI=1S/C18H27NO4/c1-17(2,3)18(4,5)16(21)23-12-11-22-14-9-7-13(8-10-14)15(20)19-6/h7-10H,11-12H2,1-6H3,(H,19,20).